The molecule has 0 saturated heterocycles. The third kappa shape index (κ3) is 3.65. The van der Waals surface area contributed by atoms with Crippen molar-refractivity contribution < 1.29 is 17.9 Å². The first-order chi connectivity index (χ1) is 11.0. The first-order valence-corrected chi connectivity index (χ1v) is 6.60. The van der Waals surface area contributed by atoms with Gasteiger partial charge in [-0.15, -0.1) is 0 Å². The number of tetrazole rings is 1. The second kappa shape index (κ2) is 6.07. The Morgan fingerprint density at radius 3 is 2.48 bits per heavy atom. The highest BCUT2D eigenvalue weighted by molar-refractivity contribution is 5.54. The topological polar surface area (TPSA) is 62.0 Å². The standard InChI is InChI=1S/C15H10F3N4O/c16-15(17,18)12-3-1-2-10(8-12)9-23-13-6-4-11(5-7-13)14-19-21-22-20-14/h1-8H,9H2/q-1. The van der Waals surface area contributed by atoms with Crippen LogP contribution in [0.2, 0.25) is 0 Å². The quantitative estimate of drug-likeness (QED) is 0.739. The summed E-state index contributed by atoms with van der Waals surface area (Å²) in [6.07, 6.45) is -4.36. The lowest BCUT2D eigenvalue weighted by Gasteiger charge is -2.10. The van der Waals surface area contributed by atoms with Crippen LogP contribution in [-0.2, 0) is 12.8 Å². The molecule has 0 radical (unpaired) electrons. The predicted octanol–water partition coefficient (Wildman–Crippen LogP) is 3.09. The van der Waals surface area contributed by atoms with Crippen LogP contribution < -0.4 is 9.84 Å². The maximum absolute atomic E-state index is 12.6. The number of rotatable bonds is 4. The average Bonchev–Trinajstić information content (AvgIpc) is 3.07. The molecule has 23 heavy (non-hydrogen) atoms. The summed E-state index contributed by atoms with van der Waals surface area (Å²) < 4.78 is 43.4. The van der Waals surface area contributed by atoms with E-state index in [1.54, 1.807) is 30.3 Å². The van der Waals surface area contributed by atoms with Gasteiger partial charge in [-0.05, 0) is 35.4 Å². The average molecular weight is 319 g/mol. The van der Waals surface area contributed by atoms with Crippen LogP contribution in [0.3, 0.4) is 0 Å². The minimum atomic E-state index is -4.36. The number of nitrogens with zero attached hydrogens (tertiary/aromatic N) is 4. The summed E-state index contributed by atoms with van der Waals surface area (Å²) in [5.41, 5.74) is 0.473. The molecule has 0 aliphatic carbocycles. The van der Waals surface area contributed by atoms with Crippen molar-refractivity contribution in [2.75, 3.05) is 0 Å². The summed E-state index contributed by atoms with van der Waals surface area (Å²) in [4.78, 5) is 0. The highest BCUT2D eigenvalue weighted by Gasteiger charge is 2.30. The Bertz CT molecular complexity index is 770. The molecule has 0 fully saturated rings. The molecule has 3 rings (SSSR count). The van der Waals surface area contributed by atoms with Crippen LogP contribution in [0.15, 0.2) is 48.5 Å². The fourth-order valence-electron chi connectivity index (χ4n) is 1.96. The largest absolute Gasteiger partial charge is 0.489 e. The molecule has 0 atom stereocenters. The van der Waals surface area contributed by atoms with Crippen molar-refractivity contribution in [1.29, 1.82) is 0 Å². The molecule has 2 aromatic carbocycles. The smallest absolute Gasteiger partial charge is 0.416 e. The molecule has 3 aromatic rings. The van der Waals surface area contributed by atoms with Crippen molar-refractivity contribution in [2.45, 2.75) is 12.8 Å². The van der Waals surface area contributed by atoms with Gasteiger partial charge in [0.05, 0.1) is 5.56 Å². The first-order valence-electron chi connectivity index (χ1n) is 6.60. The first kappa shape index (κ1) is 15.0. The molecule has 1 heterocycles. The van der Waals surface area contributed by atoms with E-state index in [0.717, 1.165) is 17.7 Å². The van der Waals surface area contributed by atoms with Crippen LogP contribution in [0.5, 0.6) is 5.75 Å². The number of halogens is 3. The van der Waals surface area contributed by atoms with Gasteiger partial charge in [0, 0.05) is 5.82 Å². The highest BCUT2D eigenvalue weighted by atomic mass is 19.4. The molecule has 0 unspecified atom stereocenters. The molecule has 5 nitrogen and oxygen atoms in total. The van der Waals surface area contributed by atoms with Crippen molar-refractivity contribution >= 4 is 0 Å². The van der Waals surface area contributed by atoms with E-state index in [2.05, 4.69) is 20.6 Å². The Labute approximate surface area is 129 Å². The van der Waals surface area contributed by atoms with Gasteiger partial charge in [0.25, 0.3) is 0 Å². The Morgan fingerprint density at radius 2 is 1.83 bits per heavy atom. The molecule has 1 aromatic heterocycles. The molecule has 0 N–H and O–H groups in total. The van der Waals surface area contributed by atoms with Gasteiger partial charge < -0.3 is 9.84 Å². The van der Waals surface area contributed by atoms with E-state index >= 15 is 0 Å². The van der Waals surface area contributed by atoms with Crippen molar-refractivity contribution in [1.82, 2.24) is 20.6 Å². The van der Waals surface area contributed by atoms with E-state index < -0.39 is 11.7 Å². The Kier molecular flexibility index (Phi) is 3.96. The molecule has 0 spiro atoms. The van der Waals surface area contributed by atoms with Crippen molar-refractivity contribution in [3.8, 4) is 17.1 Å². The van der Waals surface area contributed by atoms with E-state index in [1.165, 1.54) is 6.07 Å². The molecule has 0 bridgehead atoms. The minimum Gasteiger partial charge on any atom is -0.489 e. The maximum Gasteiger partial charge on any atom is 0.416 e. The monoisotopic (exact) mass is 319 g/mol. The normalized spacial score (nSPS) is 11.4. The van der Waals surface area contributed by atoms with E-state index in [-0.39, 0.29) is 6.61 Å². The molecule has 0 saturated carbocycles. The lowest BCUT2D eigenvalue weighted by Crippen LogP contribution is -2.06. The Morgan fingerprint density at radius 1 is 1.04 bits per heavy atom. The molecule has 118 valence electrons. The molecule has 0 aliphatic rings. The van der Waals surface area contributed by atoms with Crippen LogP contribution in [0, 0.1) is 0 Å². The number of aromatic nitrogens is 4. The zero-order chi connectivity index (χ0) is 16.3. The van der Waals surface area contributed by atoms with E-state index in [0.29, 0.717) is 17.1 Å². The summed E-state index contributed by atoms with van der Waals surface area (Å²) in [5, 5.41) is 14.2. The zero-order valence-electron chi connectivity index (χ0n) is 11.7. The third-order valence-corrected chi connectivity index (χ3v) is 3.09. The molecular formula is C15H10F3N4O-. The fraction of sp³-hybridized carbons (Fsp3) is 0.133. The number of alkyl halides is 3. The van der Waals surface area contributed by atoms with E-state index in [4.69, 9.17) is 4.74 Å². The Hall–Kier alpha value is -2.90. The summed E-state index contributed by atoms with van der Waals surface area (Å²) in [6.45, 7) is 0.0409. The molecule has 0 aliphatic heterocycles. The number of hydrogen-bond acceptors (Lipinski definition) is 4. The van der Waals surface area contributed by atoms with Gasteiger partial charge in [0.1, 0.15) is 12.4 Å². The van der Waals surface area contributed by atoms with Crippen LogP contribution in [0.25, 0.3) is 11.4 Å². The van der Waals surface area contributed by atoms with Gasteiger partial charge >= 0.3 is 6.18 Å². The predicted molar refractivity (Wildman–Crippen MR) is 74.4 cm³/mol. The SMILES string of the molecule is FC(F)(F)c1cccc(COc2ccc(-c3nnn[n-]3)cc2)c1. The van der Waals surface area contributed by atoms with E-state index in [9.17, 15) is 13.2 Å². The Balaban J connectivity index is 1.67. The number of benzene rings is 2. The van der Waals surface area contributed by atoms with Crippen LogP contribution in [0.4, 0.5) is 13.2 Å². The summed E-state index contributed by atoms with van der Waals surface area (Å²) >= 11 is 0. The van der Waals surface area contributed by atoms with Gasteiger partial charge in [-0.2, -0.15) is 18.4 Å². The summed E-state index contributed by atoms with van der Waals surface area (Å²) in [6, 6.07) is 11.8. The van der Waals surface area contributed by atoms with Gasteiger partial charge in [0.2, 0.25) is 0 Å². The molecular weight excluding hydrogens is 309 g/mol. The van der Waals surface area contributed by atoms with Gasteiger partial charge in [0.15, 0.2) is 0 Å². The second-order valence-electron chi connectivity index (χ2n) is 4.71. The van der Waals surface area contributed by atoms with Crippen molar-refractivity contribution in [2.24, 2.45) is 0 Å². The van der Waals surface area contributed by atoms with Crippen molar-refractivity contribution in [3.63, 3.8) is 0 Å². The lowest BCUT2D eigenvalue weighted by molar-refractivity contribution is -0.137. The summed E-state index contributed by atoms with van der Waals surface area (Å²) in [5.74, 6) is 0.924. The zero-order valence-corrected chi connectivity index (χ0v) is 11.7. The third-order valence-electron chi connectivity index (χ3n) is 3.09. The highest BCUT2D eigenvalue weighted by Crippen LogP contribution is 2.29. The van der Waals surface area contributed by atoms with Crippen molar-refractivity contribution in [3.05, 3.63) is 59.7 Å². The number of hydrogen-bond donors (Lipinski definition) is 0. The van der Waals surface area contributed by atoms with Gasteiger partial charge in [-0.25, -0.2) is 0 Å². The van der Waals surface area contributed by atoms with Crippen LogP contribution in [0.1, 0.15) is 11.1 Å². The second-order valence-corrected chi connectivity index (χ2v) is 4.71. The molecule has 8 heteroatoms. The summed E-state index contributed by atoms with van der Waals surface area (Å²) in [7, 11) is 0. The van der Waals surface area contributed by atoms with Gasteiger partial charge in [-0.1, -0.05) is 24.3 Å². The van der Waals surface area contributed by atoms with Gasteiger partial charge in [-0.3, -0.25) is 10.3 Å². The minimum absolute atomic E-state index is 0.0409. The van der Waals surface area contributed by atoms with E-state index in [1.807, 2.05) is 0 Å². The maximum atomic E-state index is 12.6. The van der Waals surface area contributed by atoms with Crippen LogP contribution >= 0.6 is 0 Å². The lowest BCUT2D eigenvalue weighted by atomic mass is 10.1. The number of ether oxygens (including phenoxy) is 1. The van der Waals surface area contributed by atoms with Crippen LogP contribution in [-0.4, -0.2) is 15.5 Å². The fourth-order valence-corrected chi connectivity index (χ4v) is 1.96. The molecule has 0 amide bonds.